The number of nitrogens with zero attached hydrogens (tertiary/aromatic N) is 4. The molecule has 3 rings (SSSR count). The van der Waals surface area contributed by atoms with E-state index in [4.69, 9.17) is 28.2 Å². The molecule has 26 heavy (non-hydrogen) atoms. The van der Waals surface area contributed by atoms with Crippen molar-refractivity contribution >= 4 is 34.8 Å². The van der Waals surface area contributed by atoms with Gasteiger partial charge in [0.15, 0.2) is 0 Å². The maximum Gasteiger partial charge on any atom is 0.259 e. The molecular weight excluding hydrogens is 371 g/mol. The van der Waals surface area contributed by atoms with Crippen molar-refractivity contribution in [2.45, 2.75) is 40.8 Å². The Bertz CT molecular complexity index is 858. The van der Waals surface area contributed by atoms with Gasteiger partial charge in [-0.2, -0.15) is 0 Å². The maximum absolute atomic E-state index is 12.8. The number of fused-ring (bicyclic) bond motifs is 1. The molecule has 0 amide bonds. The summed E-state index contributed by atoms with van der Waals surface area (Å²) >= 11 is 12.4. The first-order chi connectivity index (χ1) is 12.3. The average molecular weight is 395 g/mol. The largest absolute Gasteiger partial charge is 0.298 e. The zero-order valence-electron chi connectivity index (χ0n) is 15.6. The van der Waals surface area contributed by atoms with Gasteiger partial charge in [0.2, 0.25) is 5.95 Å². The van der Waals surface area contributed by atoms with Crippen LogP contribution < -0.4 is 10.5 Å². The Balaban J connectivity index is 2.09. The van der Waals surface area contributed by atoms with Crippen LogP contribution in [0.1, 0.15) is 31.5 Å². The van der Waals surface area contributed by atoms with Crippen LogP contribution in [0.4, 0.5) is 11.6 Å². The van der Waals surface area contributed by atoms with E-state index in [1.165, 1.54) is 0 Å². The van der Waals surface area contributed by atoms with Crippen molar-refractivity contribution in [1.29, 1.82) is 0 Å². The van der Waals surface area contributed by atoms with E-state index in [1.54, 1.807) is 10.6 Å². The van der Waals surface area contributed by atoms with Gasteiger partial charge in [-0.25, -0.2) is 4.98 Å². The highest BCUT2D eigenvalue weighted by atomic mass is 35.5. The minimum Gasteiger partial charge on any atom is -0.298 e. The Hall–Kier alpha value is -1.56. The Kier molecular flexibility index (Phi) is 5.61. The van der Waals surface area contributed by atoms with E-state index in [-0.39, 0.29) is 5.56 Å². The molecule has 5 nitrogen and oxygen atoms in total. The van der Waals surface area contributed by atoms with Crippen molar-refractivity contribution in [3.05, 3.63) is 49.9 Å². The minimum absolute atomic E-state index is 0.000119. The molecule has 0 N–H and O–H groups in total. The van der Waals surface area contributed by atoms with E-state index < -0.39 is 0 Å². The Morgan fingerprint density at radius 1 is 1.12 bits per heavy atom. The maximum atomic E-state index is 12.8. The summed E-state index contributed by atoms with van der Waals surface area (Å²) in [7, 11) is 0. The van der Waals surface area contributed by atoms with Crippen LogP contribution in [-0.2, 0) is 6.67 Å². The molecule has 7 heteroatoms. The topological polar surface area (TPSA) is 41.4 Å². The van der Waals surface area contributed by atoms with Crippen molar-refractivity contribution in [3.63, 3.8) is 0 Å². The highest BCUT2D eigenvalue weighted by Gasteiger charge is 2.27. The minimum atomic E-state index is -0.000119. The second-order valence-electron chi connectivity index (χ2n) is 7.27. The second-order valence-corrected chi connectivity index (χ2v) is 8.14. The van der Waals surface area contributed by atoms with Crippen molar-refractivity contribution in [3.8, 4) is 0 Å². The summed E-state index contributed by atoms with van der Waals surface area (Å²) in [5.41, 5.74) is 2.26. The third kappa shape index (κ3) is 3.90. The van der Waals surface area contributed by atoms with Crippen molar-refractivity contribution in [1.82, 2.24) is 14.5 Å². The van der Waals surface area contributed by atoms with Gasteiger partial charge in [0.05, 0.1) is 13.3 Å². The van der Waals surface area contributed by atoms with Crippen molar-refractivity contribution in [2.24, 2.45) is 5.92 Å². The summed E-state index contributed by atoms with van der Waals surface area (Å²) in [4.78, 5) is 21.8. The molecule has 1 aromatic heterocycles. The van der Waals surface area contributed by atoms with E-state index in [1.807, 2.05) is 30.9 Å². The number of rotatable bonds is 4. The molecule has 2 aromatic rings. The predicted molar refractivity (Wildman–Crippen MR) is 108 cm³/mol. The van der Waals surface area contributed by atoms with Gasteiger partial charge in [-0.3, -0.25) is 19.2 Å². The molecule has 1 aromatic carbocycles. The normalized spacial score (nSPS) is 14.8. The van der Waals surface area contributed by atoms with Gasteiger partial charge in [-0.1, -0.05) is 37.0 Å². The van der Waals surface area contributed by atoms with Gasteiger partial charge in [-0.15, -0.1) is 0 Å². The third-order valence-electron chi connectivity index (χ3n) is 4.72. The molecule has 0 unspecified atom stereocenters. The van der Waals surface area contributed by atoms with Crippen LogP contribution in [0.25, 0.3) is 0 Å². The molecule has 0 fully saturated rings. The first-order valence-electron chi connectivity index (χ1n) is 8.80. The van der Waals surface area contributed by atoms with Crippen LogP contribution in [0.15, 0.2) is 23.0 Å². The van der Waals surface area contributed by atoms with Crippen molar-refractivity contribution in [2.75, 3.05) is 18.1 Å². The highest BCUT2D eigenvalue weighted by molar-refractivity contribution is 6.35. The number of hydrogen-bond donors (Lipinski definition) is 0. The number of halogens is 2. The van der Waals surface area contributed by atoms with Crippen LogP contribution in [0.3, 0.4) is 0 Å². The highest BCUT2D eigenvalue weighted by Crippen LogP contribution is 2.32. The summed E-state index contributed by atoms with van der Waals surface area (Å²) in [5, 5.41) is 1.12. The molecule has 0 atom stereocenters. The third-order valence-corrected chi connectivity index (χ3v) is 5.16. The number of aromatic nitrogens is 2. The molecule has 1 aliphatic heterocycles. The quantitative estimate of drug-likeness (QED) is 0.760. The molecule has 0 saturated heterocycles. The van der Waals surface area contributed by atoms with Crippen LogP contribution in [0.2, 0.25) is 10.0 Å². The number of aryl methyl sites for hydroxylation is 1. The Morgan fingerprint density at radius 3 is 2.38 bits per heavy atom. The zero-order valence-corrected chi connectivity index (χ0v) is 17.1. The van der Waals surface area contributed by atoms with E-state index in [0.717, 1.165) is 24.3 Å². The van der Waals surface area contributed by atoms with Gasteiger partial charge in [0.1, 0.15) is 0 Å². The van der Waals surface area contributed by atoms with Crippen LogP contribution >= 0.6 is 23.2 Å². The fourth-order valence-electron chi connectivity index (χ4n) is 3.06. The first kappa shape index (κ1) is 19.2. The number of benzene rings is 1. The van der Waals surface area contributed by atoms with Gasteiger partial charge >= 0.3 is 0 Å². The summed E-state index contributed by atoms with van der Waals surface area (Å²) in [5.74, 6) is 1.23. The SMILES string of the molecule is Cc1nc2n(c(=O)c1C)CN(CCC(C)C)CN2c1cc(Cl)cc(Cl)c1. The van der Waals surface area contributed by atoms with Gasteiger partial charge < -0.3 is 0 Å². The summed E-state index contributed by atoms with van der Waals surface area (Å²) in [6.07, 6.45) is 1.06. The summed E-state index contributed by atoms with van der Waals surface area (Å²) in [6, 6.07) is 5.41. The van der Waals surface area contributed by atoms with Crippen LogP contribution in [0, 0.1) is 19.8 Å². The van der Waals surface area contributed by atoms with Crippen molar-refractivity contribution < 1.29 is 0 Å². The fraction of sp³-hybridized carbons (Fsp3) is 0.474. The lowest BCUT2D eigenvalue weighted by Gasteiger charge is -2.38. The smallest absolute Gasteiger partial charge is 0.259 e. The molecule has 140 valence electrons. The van der Waals surface area contributed by atoms with Crippen LogP contribution in [0.5, 0.6) is 0 Å². The van der Waals surface area contributed by atoms with Gasteiger partial charge in [-0.05, 0) is 44.4 Å². The summed E-state index contributed by atoms with van der Waals surface area (Å²) < 4.78 is 1.74. The van der Waals surface area contributed by atoms with E-state index >= 15 is 0 Å². The van der Waals surface area contributed by atoms with Gasteiger partial charge in [0, 0.05) is 33.5 Å². The lowest BCUT2D eigenvalue weighted by atomic mass is 10.1. The standard InChI is InChI=1S/C19H24Cl2N4O/c1-12(2)5-6-23-10-24(17-8-15(20)7-16(21)9-17)19-22-14(4)13(3)18(26)25(19)11-23/h7-9,12H,5-6,10-11H2,1-4H3. The molecule has 0 bridgehead atoms. The fourth-order valence-corrected chi connectivity index (χ4v) is 3.57. The van der Waals surface area contributed by atoms with Crippen LogP contribution in [-0.4, -0.2) is 27.7 Å². The lowest BCUT2D eigenvalue weighted by molar-refractivity contribution is 0.188. The van der Waals surface area contributed by atoms with Gasteiger partial charge in [0.25, 0.3) is 5.56 Å². The zero-order chi connectivity index (χ0) is 19.0. The molecule has 0 saturated carbocycles. The van der Waals surface area contributed by atoms with E-state index in [0.29, 0.717) is 40.8 Å². The molecule has 0 spiro atoms. The van der Waals surface area contributed by atoms with E-state index in [9.17, 15) is 4.79 Å². The monoisotopic (exact) mass is 394 g/mol. The summed E-state index contributed by atoms with van der Waals surface area (Å²) in [6.45, 7) is 10.2. The molecule has 2 heterocycles. The second kappa shape index (κ2) is 7.59. The molecule has 1 aliphatic rings. The average Bonchev–Trinajstić information content (AvgIpc) is 2.57. The lowest BCUT2D eigenvalue weighted by Crippen LogP contribution is -2.48. The molecule has 0 radical (unpaired) electrons. The van der Waals surface area contributed by atoms with E-state index in [2.05, 4.69) is 18.7 Å². The Morgan fingerprint density at radius 2 is 1.77 bits per heavy atom. The Labute approximate surface area is 164 Å². The first-order valence-corrected chi connectivity index (χ1v) is 9.56. The molecule has 0 aliphatic carbocycles. The molecular formula is C19H24Cl2N4O. The number of hydrogen-bond acceptors (Lipinski definition) is 4. The number of anilines is 2. The predicted octanol–water partition coefficient (Wildman–Crippen LogP) is 4.58.